The van der Waals surface area contributed by atoms with Crippen LogP contribution in [0.3, 0.4) is 0 Å². The highest BCUT2D eigenvalue weighted by Crippen LogP contribution is 2.35. The molecule has 0 bridgehead atoms. The summed E-state index contributed by atoms with van der Waals surface area (Å²) in [6, 6.07) is -0.342. The summed E-state index contributed by atoms with van der Waals surface area (Å²) in [5.74, 6) is 0.460. The van der Waals surface area contributed by atoms with Crippen LogP contribution in [0.5, 0.6) is 0 Å². The number of ether oxygens (including phenoxy) is 2. The van der Waals surface area contributed by atoms with Crippen molar-refractivity contribution in [1.82, 2.24) is 5.32 Å². The Hall–Kier alpha value is -0.810. The number of alkyl carbamates (subject to hydrolysis) is 1. The highest BCUT2D eigenvalue weighted by atomic mass is 16.6. The molecule has 0 aromatic heterocycles. The minimum Gasteiger partial charge on any atom is -0.444 e. The maximum atomic E-state index is 11.7. The summed E-state index contributed by atoms with van der Waals surface area (Å²) >= 11 is 0. The van der Waals surface area contributed by atoms with E-state index in [4.69, 9.17) is 9.47 Å². The van der Waals surface area contributed by atoms with E-state index in [9.17, 15) is 9.90 Å². The second-order valence-corrected chi connectivity index (χ2v) is 6.23. The molecule has 5 heteroatoms. The first-order chi connectivity index (χ1) is 8.37. The van der Waals surface area contributed by atoms with Gasteiger partial charge < -0.3 is 19.9 Å². The molecule has 1 heterocycles. The first kappa shape index (κ1) is 13.6. The van der Waals surface area contributed by atoms with Crippen LogP contribution in [0.25, 0.3) is 0 Å². The lowest BCUT2D eigenvalue weighted by Gasteiger charge is -2.34. The monoisotopic (exact) mass is 257 g/mol. The molecule has 2 aliphatic rings. The Morgan fingerprint density at radius 1 is 1.39 bits per heavy atom. The van der Waals surface area contributed by atoms with E-state index in [1.54, 1.807) is 0 Å². The molecule has 3 atom stereocenters. The van der Waals surface area contributed by atoms with Crippen LogP contribution in [-0.4, -0.2) is 41.7 Å². The van der Waals surface area contributed by atoms with Crippen molar-refractivity contribution in [3.05, 3.63) is 0 Å². The molecule has 0 aromatic carbocycles. The number of hydrogen-bond acceptors (Lipinski definition) is 4. The molecule has 0 radical (unpaired) electrons. The van der Waals surface area contributed by atoms with Crippen molar-refractivity contribution in [2.75, 3.05) is 6.61 Å². The fourth-order valence-electron chi connectivity index (χ4n) is 2.46. The number of nitrogens with one attached hydrogen (secondary N) is 1. The lowest BCUT2D eigenvalue weighted by atomic mass is 9.78. The Morgan fingerprint density at radius 2 is 2.06 bits per heavy atom. The number of aliphatic hydroxyl groups excluding tert-OH is 1. The first-order valence-electron chi connectivity index (χ1n) is 6.66. The summed E-state index contributed by atoms with van der Waals surface area (Å²) in [7, 11) is 0. The van der Waals surface area contributed by atoms with Crippen LogP contribution in [0, 0.1) is 5.92 Å². The normalized spacial score (nSPS) is 33.0. The first-order valence-corrected chi connectivity index (χ1v) is 6.66. The Kier molecular flexibility index (Phi) is 3.82. The minimum atomic E-state index is -0.636. The van der Waals surface area contributed by atoms with Gasteiger partial charge in [-0.2, -0.15) is 0 Å². The lowest BCUT2D eigenvalue weighted by Crippen LogP contribution is -2.51. The molecule has 1 saturated carbocycles. The third-order valence-corrected chi connectivity index (χ3v) is 3.53. The number of rotatable bonds is 2. The van der Waals surface area contributed by atoms with E-state index in [1.807, 2.05) is 20.8 Å². The van der Waals surface area contributed by atoms with Crippen LogP contribution < -0.4 is 5.32 Å². The molecule has 2 rings (SSSR count). The molecule has 0 aromatic rings. The molecule has 1 aliphatic heterocycles. The minimum absolute atomic E-state index is 0.0683. The van der Waals surface area contributed by atoms with Crippen molar-refractivity contribution < 1.29 is 19.4 Å². The molecule has 1 amide bonds. The molecule has 18 heavy (non-hydrogen) atoms. The van der Waals surface area contributed by atoms with Gasteiger partial charge in [-0.15, -0.1) is 0 Å². The average molecular weight is 257 g/mol. The Balaban J connectivity index is 1.90. The quantitative estimate of drug-likeness (QED) is 0.785. The van der Waals surface area contributed by atoms with Crippen LogP contribution in [0.2, 0.25) is 0 Å². The smallest absolute Gasteiger partial charge is 0.408 e. The van der Waals surface area contributed by atoms with Crippen molar-refractivity contribution >= 4 is 6.09 Å². The molecule has 1 saturated heterocycles. The second kappa shape index (κ2) is 5.05. The van der Waals surface area contributed by atoms with E-state index in [-0.39, 0.29) is 12.1 Å². The zero-order chi connectivity index (χ0) is 13.3. The molecule has 1 aliphatic carbocycles. The zero-order valence-electron chi connectivity index (χ0n) is 11.3. The molecular weight excluding hydrogens is 234 g/mol. The maximum absolute atomic E-state index is 11.7. The van der Waals surface area contributed by atoms with Gasteiger partial charge >= 0.3 is 6.09 Å². The van der Waals surface area contributed by atoms with Gasteiger partial charge in [0.05, 0.1) is 18.8 Å². The van der Waals surface area contributed by atoms with Crippen LogP contribution >= 0.6 is 0 Å². The predicted molar refractivity (Wildman–Crippen MR) is 66.2 cm³/mol. The summed E-state index contributed by atoms with van der Waals surface area (Å²) < 4.78 is 10.8. The summed E-state index contributed by atoms with van der Waals surface area (Å²) in [4.78, 5) is 11.7. The summed E-state index contributed by atoms with van der Waals surface area (Å²) in [6.07, 6.45) is 2.25. The molecule has 104 valence electrons. The van der Waals surface area contributed by atoms with Gasteiger partial charge in [-0.25, -0.2) is 4.79 Å². The van der Waals surface area contributed by atoms with Gasteiger partial charge in [0.2, 0.25) is 0 Å². The van der Waals surface area contributed by atoms with E-state index in [2.05, 4.69) is 5.32 Å². The fourth-order valence-corrected chi connectivity index (χ4v) is 2.46. The SMILES string of the molecule is CC(C)(C)OC(=O)N[C@H]1C(C2CCC2)OC[C@@H]1O. The number of carbonyl (C=O) groups excluding carboxylic acids is 1. The predicted octanol–water partition coefficient (Wildman–Crippen LogP) is 1.44. The van der Waals surface area contributed by atoms with E-state index < -0.39 is 17.8 Å². The van der Waals surface area contributed by atoms with Crippen LogP contribution in [0.1, 0.15) is 40.0 Å². The molecule has 1 unspecified atom stereocenters. The number of hydrogen-bond donors (Lipinski definition) is 2. The third kappa shape index (κ3) is 3.14. The van der Waals surface area contributed by atoms with Gasteiger partial charge in [0, 0.05) is 0 Å². The van der Waals surface area contributed by atoms with Gasteiger partial charge in [0.15, 0.2) is 0 Å². The fraction of sp³-hybridized carbons (Fsp3) is 0.923. The highest BCUT2D eigenvalue weighted by Gasteiger charge is 2.43. The van der Waals surface area contributed by atoms with Gasteiger partial charge in [-0.3, -0.25) is 0 Å². The van der Waals surface area contributed by atoms with Crippen molar-refractivity contribution in [1.29, 1.82) is 0 Å². The van der Waals surface area contributed by atoms with Crippen molar-refractivity contribution in [2.24, 2.45) is 5.92 Å². The van der Waals surface area contributed by atoms with Crippen molar-refractivity contribution in [3.8, 4) is 0 Å². The Labute approximate surface area is 108 Å². The molecule has 5 nitrogen and oxygen atoms in total. The standard InChI is InChI=1S/C13H23NO4/c1-13(2,3)18-12(16)14-10-9(15)7-17-11(10)8-5-4-6-8/h8-11,15H,4-7H2,1-3H3,(H,14,16)/t9-,10+,11?/m0/s1. The summed E-state index contributed by atoms with van der Waals surface area (Å²) in [5, 5.41) is 12.6. The number of aliphatic hydroxyl groups is 1. The average Bonchev–Trinajstić information content (AvgIpc) is 2.44. The number of carbonyl (C=O) groups is 1. The largest absolute Gasteiger partial charge is 0.444 e. The Morgan fingerprint density at radius 3 is 2.56 bits per heavy atom. The summed E-state index contributed by atoms with van der Waals surface area (Å²) in [5.41, 5.74) is -0.527. The van der Waals surface area contributed by atoms with E-state index in [1.165, 1.54) is 6.42 Å². The summed E-state index contributed by atoms with van der Waals surface area (Å²) in [6.45, 7) is 5.74. The van der Waals surface area contributed by atoms with E-state index in [0.29, 0.717) is 12.5 Å². The van der Waals surface area contributed by atoms with Crippen LogP contribution in [0.15, 0.2) is 0 Å². The highest BCUT2D eigenvalue weighted by molar-refractivity contribution is 5.68. The topological polar surface area (TPSA) is 67.8 Å². The lowest BCUT2D eigenvalue weighted by molar-refractivity contribution is 0.0119. The van der Waals surface area contributed by atoms with E-state index in [0.717, 1.165) is 12.8 Å². The van der Waals surface area contributed by atoms with E-state index >= 15 is 0 Å². The van der Waals surface area contributed by atoms with Gasteiger partial charge in [-0.05, 0) is 39.5 Å². The van der Waals surface area contributed by atoms with Gasteiger partial charge in [0.1, 0.15) is 11.7 Å². The Bertz CT molecular complexity index is 309. The number of amides is 1. The van der Waals surface area contributed by atoms with Crippen molar-refractivity contribution in [3.63, 3.8) is 0 Å². The van der Waals surface area contributed by atoms with Crippen LogP contribution in [-0.2, 0) is 9.47 Å². The molecule has 0 spiro atoms. The molecular formula is C13H23NO4. The van der Waals surface area contributed by atoms with Crippen molar-refractivity contribution in [2.45, 2.75) is 63.9 Å². The van der Waals surface area contributed by atoms with Gasteiger partial charge in [0.25, 0.3) is 0 Å². The maximum Gasteiger partial charge on any atom is 0.408 e. The zero-order valence-corrected chi connectivity index (χ0v) is 11.3. The molecule has 2 fully saturated rings. The van der Waals surface area contributed by atoms with Crippen LogP contribution in [0.4, 0.5) is 4.79 Å². The second-order valence-electron chi connectivity index (χ2n) is 6.23. The van der Waals surface area contributed by atoms with Gasteiger partial charge in [-0.1, -0.05) is 6.42 Å². The third-order valence-electron chi connectivity index (χ3n) is 3.53. The molecule has 2 N–H and O–H groups in total.